The van der Waals surface area contributed by atoms with Gasteiger partial charge in [0, 0.05) is 28.5 Å². The number of imidazole rings is 1. The predicted octanol–water partition coefficient (Wildman–Crippen LogP) is 4.98. The first-order valence-electron chi connectivity index (χ1n) is 9.76. The third-order valence-corrected chi connectivity index (χ3v) is 5.81. The van der Waals surface area contributed by atoms with Crippen molar-refractivity contribution in [2.45, 2.75) is 26.0 Å². The zero-order chi connectivity index (χ0) is 21.6. The Morgan fingerprint density at radius 1 is 1.19 bits per heavy atom. The fourth-order valence-corrected chi connectivity index (χ4v) is 3.89. The van der Waals surface area contributed by atoms with Crippen LogP contribution in [0.3, 0.4) is 0 Å². The van der Waals surface area contributed by atoms with Crippen LogP contribution in [0.2, 0.25) is 5.02 Å². The van der Waals surface area contributed by atoms with Crippen LogP contribution < -0.4 is 10.1 Å². The van der Waals surface area contributed by atoms with Gasteiger partial charge in [-0.3, -0.25) is 4.79 Å². The summed E-state index contributed by atoms with van der Waals surface area (Å²) in [7, 11) is 0. The minimum Gasteiger partial charge on any atom is -0.486 e. The van der Waals surface area contributed by atoms with Crippen molar-refractivity contribution in [3.63, 3.8) is 0 Å². The molecular weight excluding hydrogens is 432 g/mol. The molecular formula is C23H21ClN4O2S. The van der Waals surface area contributed by atoms with Crippen LogP contribution in [0.15, 0.2) is 72.6 Å². The van der Waals surface area contributed by atoms with Crippen molar-refractivity contribution >= 4 is 28.8 Å². The highest BCUT2D eigenvalue weighted by Gasteiger charge is 2.13. The second kappa shape index (κ2) is 9.76. The van der Waals surface area contributed by atoms with Gasteiger partial charge in [-0.1, -0.05) is 23.7 Å². The third kappa shape index (κ3) is 5.71. The number of hydrogen-bond acceptors (Lipinski definition) is 5. The van der Waals surface area contributed by atoms with Crippen LogP contribution in [-0.4, -0.2) is 20.4 Å². The molecule has 1 N–H and O–H groups in total. The summed E-state index contributed by atoms with van der Waals surface area (Å²) in [6, 6.07) is 15.1. The number of ether oxygens (including phenoxy) is 1. The van der Waals surface area contributed by atoms with Gasteiger partial charge in [-0.05, 0) is 48.9 Å². The quantitative estimate of drug-likeness (QED) is 0.409. The first kappa shape index (κ1) is 21.1. The Bertz CT molecular complexity index is 1130. The molecule has 0 saturated carbocycles. The van der Waals surface area contributed by atoms with E-state index < -0.39 is 0 Å². The lowest BCUT2D eigenvalue weighted by Gasteiger charge is -2.14. The number of carbonyl (C=O) groups is 1. The number of rotatable bonds is 8. The molecule has 0 radical (unpaired) electrons. The van der Waals surface area contributed by atoms with E-state index in [4.69, 9.17) is 16.3 Å². The van der Waals surface area contributed by atoms with E-state index in [1.165, 1.54) is 11.3 Å². The van der Waals surface area contributed by atoms with Crippen molar-refractivity contribution in [3.8, 4) is 11.4 Å². The highest BCUT2D eigenvalue weighted by Crippen LogP contribution is 2.19. The molecule has 0 bridgehead atoms. The second-order valence-electron chi connectivity index (χ2n) is 7.00. The van der Waals surface area contributed by atoms with Gasteiger partial charge in [-0.15, -0.1) is 11.3 Å². The Kier molecular flexibility index (Phi) is 6.64. The summed E-state index contributed by atoms with van der Waals surface area (Å²) < 4.78 is 7.64. The number of nitrogens with one attached hydrogen (secondary N) is 1. The average molecular weight is 453 g/mol. The van der Waals surface area contributed by atoms with Gasteiger partial charge in [0.2, 0.25) is 5.91 Å². The third-order valence-electron chi connectivity index (χ3n) is 4.69. The van der Waals surface area contributed by atoms with Crippen molar-refractivity contribution < 1.29 is 9.53 Å². The van der Waals surface area contributed by atoms with E-state index in [0.29, 0.717) is 11.6 Å². The molecule has 1 atom stereocenters. The maximum absolute atomic E-state index is 12.5. The van der Waals surface area contributed by atoms with Gasteiger partial charge < -0.3 is 14.6 Å². The number of hydrogen-bond donors (Lipinski definition) is 1. The first-order valence-corrected chi connectivity index (χ1v) is 11.0. The van der Waals surface area contributed by atoms with Gasteiger partial charge in [0.1, 0.15) is 17.4 Å². The first-order chi connectivity index (χ1) is 15.1. The number of nitrogens with zero attached hydrogens (tertiary/aromatic N) is 3. The fourth-order valence-electron chi connectivity index (χ4n) is 3.06. The lowest BCUT2D eigenvalue weighted by molar-refractivity contribution is -0.121. The molecule has 2 aromatic carbocycles. The van der Waals surface area contributed by atoms with E-state index in [2.05, 4.69) is 15.3 Å². The van der Waals surface area contributed by atoms with Gasteiger partial charge in [-0.25, -0.2) is 9.97 Å². The van der Waals surface area contributed by atoms with Crippen LogP contribution in [-0.2, 0) is 17.8 Å². The number of halogens is 1. The summed E-state index contributed by atoms with van der Waals surface area (Å²) in [5, 5.41) is 6.41. The van der Waals surface area contributed by atoms with E-state index >= 15 is 0 Å². The summed E-state index contributed by atoms with van der Waals surface area (Å²) in [6.07, 6.45) is 5.62. The molecule has 0 unspecified atom stereocenters. The Labute approximate surface area is 189 Å². The Morgan fingerprint density at radius 2 is 1.97 bits per heavy atom. The van der Waals surface area contributed by atoms with E-state index in [0.717, 1.165) is 27.7 Å². The Balaban J connectivity index is 1.28. The largest absolute Gasteiger partial charge is 0.486 e. The Morgan fingerprint density at radius 3 is 2.68 bits per heavy atom. The SMILES string of the molecule is C[C@H](NC(=O)Cc1csc(COc2ccc(Cl)cc2)n1)c1ccc(-n2ccnc2)cc1. The normalized spacial score (nSPS) is 11.8. The predicted molar refractivity (Wildman–Crippen MR) is 122 cm³/mol. The summed E-state index contributed by atoms with van der Waals surface area (Å²) in [5.41, 5.74) is 2.79. The molecule has 4 aromatic rings. The molecule has 2 aromatic heterocycles. The van der Waals surface area contributed by atoms with Gasteiger partial charge >= 0.3 is 0 Å². The molecule has 2 heterocycles. The van der Waals surface area contributed by atoms with E-state index in [1.54, 1.807) is 24.7 Å². The molecule has 0 aliphatic rings. The van der Waals surface area contributed by atoms with Crippen LogP contribution in [0.4, 0.5) is 0 Å². The van der Waals surface area contributed by atoms with Crippen LogP contribution in [0.5, 0.6) is 5.75 Å². The molecule has 31 heavy (non-hydrogen) atoms. The van der Waals surface area contributed by atoms with Crippen molar-refractivity contribution in [2.75, 3.05) is 0 Å². The molecule has 0 aliphatic carbocycles. The number of carbonyl (C=O) groups excluding carboxylic acids is 1. The minimum atomic E-state index is -0.101. The smallest absolute Gasteiger partial charge is 0.226 e. The monoisotopic (exact) mass is 452 g/mol. The van der Waals surface area contributed by atoms with E-state index in [9.17, 15) is 4.79 Å². The van der Waals surface area contributed by atoms with Gasteiger partial charge in [0.15, 0.2) is 0 Å². The number of thiazole rings is 1. The van der Waals surface area contributed by atoms with Crippen molar-refractivity contribution in [1.29, 1.82) is 0 Å². The zero-order valence-corrected chi connectivity index (χ0v) is 18.4. The van der Waals surface area contributed by atoms with Gasteiger partial charge in [0.05, 0.1) is 24.5 Å². The van der Waals surface area contributed by atoms with Crippen LogP contribution >= 0.6 is 22.9 Å². The summed E-state index contributed by atoms with van der Waals surface area (Å²) >= 11 is 7.36. The maximum atomic E-state index is 12.5. The second-order valence-corrected chi connectivity index (χ2v) is 8.38. The Hall–Kier alpha value is -3.16. The number of aromatic nitrogens is 3. The van der Waals surface area contributed by atoms with Gasteiger partial charge in [-0.2, -0.15) is 0 Å². The van der Waals surface area contributed by atoms with Crippen molar-refractivity contribution in [3.05, 3.63) is 93.9 Å². The van der Waals surface area contributed by atoms with E-state index in [1.807, 2.05) is 59.5 Å². The molecule has 0 fully saturated rings. The maximum Gasteiger partial charge on any atom is 0.226 e. The van der Waals surface area contributed by atoms with Crippen LogP contribution in [0.1, 0.15) is 29.2 Å². The molecule has 0 spiro atoms. The van der Waals surface area contributed by atoms with Crippen LogP contribution in [0.25, 0.3) is 5.69 Å². The van der Waals surface area contributed by atoms with Gasteiger partial charge in [0.25, 0.3) is 0 Å². The highest BCUT2D eigenvalue weighted by molar-refractivity contribution is 7.09. The average Bonchev–Trinajstić information content (AvgIpc) is 3.46. The molecule has 0 aliphatic heterocycles. The molecule has 0 saturated heterocycles. The van der Waals surface area contributed by atoms with Crippen molar-refractivity contribution in [1.82, 2.24) is 19.9 Å². The van der Waals surface area contributed by atoms with Crippen LogP contribution in [0, 0.1) is 0 Å². The molecule has 4 rings (SSSR count). The zero-order valence-electron chi connectivity index (χ0n) is 16.9. The fraction of sp³-hybridized carbons (Fsp3) is 0.174. The topological polar surface area (TPSA) is 69.0 Å². The lowest BCUT2D eigenvalue weighted by atomic mass is 10.1. The molecule has 6 nitrogen and oxygen atoms in total. The summed E-state index contributed by atoms with van der Waals surface area (Å²) in [5.74, 6) is 0.661. The standard InChI is InChI=1S/C23H21ClN4O2S/c1-16(17-2-6-20(7-3-17)28-11-10-25-15-28)26-22(29)12-19-14-31-23(27-19)13-30-21-8-4-18(24)5-9-21/h2-11,14-16H,12-13H2,1H3,(H,26,29)/t16-/m0/s1. The number of amides is 1. The summed E-state index contributed by atoms with van der Waals surface area (Å²) in [4.78, 5) is 21.0. The number of benzene rings is 2. The minimum absolute atomic E-state index is 0.0679. The molecule has 8 heteroatoms. The highest BCUT2D eigenvalue weighted by atomic mass is 35.5. The molecule has 1 amide bonds. The lowest BCUT2D eigenvalue weighted by Crippen LogP contribution is -2.28. The molecule has 158 valence electrons. The van der Waals surface area contributed by atoms with E-state index in [-0.39, 0.29) is 18.4 Å². The summed E-state index contributed by atoms with van der Waals surface area (Å²) in [6.45, 7) is 2.32. The van der Waals surface area contributed by atoms with Crippen molar-refractivity contribution in [2.24, 2.45) is 0 Å².